The van der Waals surface area contributed by atoms with E-state index in [1.54, 1.807) is 28.8 Å². The van der Waals surface area contributed by atoms with E-state index in [9.17, 15) is 14.7 Å². The van der Waals surface area contributed by atoms with Crippen LogP contribution >= 0.6 is 11.8 Å². The summed E-state index contributed by atoms with van der Waals surface area (Å²) in [5.74, 6) is -1.72. The first-order valence-corrected chi connectivity index (χ1v) is 8.06. The minimum atomic E-state index is -0.915. The number of rotatable bonds is 5. The average molecular weight is 309 g/mol. The van der Waals surface area contributed by atoms with Crippen molar-refractivity contribution in [3.8, 4) is 0 Å². The Morgan fingerprint density at radius 3 is 2.52 bits per heavy atom. The molecule has 5 nitrogen and oxygen atoms in total. The van der Waals surface area contributed by atoms with Crippen LogP contribution in [-0.4, -0.2) is 53.9 Å². The Morgan fingerprint density at radius 2 is 2.00 bits per heavy atom. The summed E-state index contributed by atoms with van der Waals surface area (Å²) in [7, 11) is 0. The van der Waals surface area contributed by atoms with Gasteiger partial charge in [0.15, 0.2) is 0 Å². The molecule has 21 heavy (non-hydrogen) atoms. The maximum absolute atomic E-state index is 12.6. The van der Waals surface area contributed by atoms with Crippen molar-refractivity contribution in [2.24, 2.45) is 5.92 Å². The van der Waals surface area contributed by atoms with Crippen LogP contribution in [0, 0.1) is 5.92 Å². The van der Waals surface area contributed by atoms with Gasteiger partial charge in [-0.1, -0.05) is 0 Å². The molecule has 1 amide bonds. The summed E-state index contributed by atoms with van der Waals surface area (Å²) in [4.78, 5) is 26.5. The van der Waals surface area contributed by atoms with Gasteiger partial charge < -0.3 is 14.7 Å². The van der Waals surface area contributed by atoms with Crippen molar-refractivity contribution in [2.75, 3.05) is 26.0 Å². The number of hydrogen-bond acceptors (Lipinski definition) is 4. The van der Waals surface area contributed by atoms with Gasteiger partial charge in [0.05, 0.1) is 19.3 Å². The molecule has 6 heteroatoms. The Hall–Kier alpha value is -1.53. The molecule has 0 aliphatic carbocycles. The van der Waals surface area contributed by atoms with E-state index in [1.807, 2.05) is 25.3 Å². The Morgan fingerprint density at radius 1 is 1.33 bits per heavy atom. The number of carbonyl (C=O) groups is 2. The van der Waals surface area contributed by atoms with E-state index in [1.165, 1.54) is 0 Å². The van der Waals surface area contributed by atoms with Crippen molar-refractivity contribution in [1.29, 1.82) is 0 Å². The molecule has 0 radical (unpaired) electrons. The third-order valence-electron chi connectivity index (χ3n) is 3.71. The van der Waals surface area contributed by atoms with Gasteiger partial charge in [-0.2, -0.15) is 0 Å². The Labute approximate surface area is 128 Å². The van der Waals surface area contributed by atoms with E-state index >= 15 is 0 Å². The van der Waals surface area contributed by atoms with Crippen LogP contribution in [0.1, 0.15) is 17.3 Å². The molecule has 0 bridgehead atoms. The van der Waals surface area contributed by atoms with Gasteiger partial charge >= 0.3 is 5.97 Å². The quantitative estimate of drug-likeness (QED) is 0.842. The second kappa shape index (κ2) is 6.95. The summed E-state index contributed by atoms with van der Waals surface area (Å²) in [6.45, 7) is 2.75. The highest BCUT2D eigenvalue weighted by Gasteiger charge is 2.39. The number of thioether (sulfide) groups is 1. The van der Waals surface area contributed by atoms with Crippen molar-refractivity contribution in [3.63, 3.8) is 0 Å². The molecule has 1 aliphatic heterocycles. The highest BCUT2D eigenvalue weighted by Crippen LogP contribution is 2.23. The molecule has 1 aromatic carbocycles. The van der Waals surface area contributed by atoms with Gasteiger partial charge in [0.25, 0.3) is 5.91 Å². The molecule has 1 aromatic rings. The van der Waals surface area contributed by atoms with E-state index in [0.717, 1.165) is 4.90 Å². The van der Waals surface area contributed by atoms with Gasteiger partial charge in [-0.3, -0.25) is 9.59 Å². The molecule has 2 atom stereocenters. The summed E-state index contributed by atoms with van der Waals surface area (Å²) in [5, 5.41) is 9.23. The fraction of sp³-hybridized carbons (Fsp3) is 0.467. The molecule has 0 saturated carbocycles. The van der Waals surface area contributed by atoms with E-state index < -0.39 is 17.9 Å². The maximum Gasteiger partial charge on any atom is 0.311 e. The number of carboxylic acids is 1. The summed E-state index contributed by atoms with van der Waals surface area (Å²) in [6.07, 6.45) is 1.97. The molecule has 1 heterocycles. The summed E-state index contributed by atoms with van der Waals surface area (Å²) >= 11 is 1.61. The summed E-state index contributed by atoms with van der Waals surface area (Å²) in [6, 6.07) is 6.95. The Bertz CT molecular complexity index is 517. The average Bonchev–Trinajstić information content (AvgIpc) is 2.97. The third-order valence-corrected chi connectivity index (χ3v) is 4.45. The van der Waals surface area contributed by atoms with Crippen LogP contribution in [0.3, 0.4) is 0 Å². The standard InChI is InChI=1S/C15H19NO4S/c1-3-16(13-9-20-8-12(13)15(18)19)14(17)10-4-6-11(21-2)7-5-10/h4-7,12-13H,3,8-9H2,1-2H3,(H,18,19). The molecule has 2 unspecified atom stereocenters. The lowest BCUT2D eigenvalue weighted by molar-refractivity contribution is -0.142. The van der Waals surface area contributed by atoms with Crippen LogP contribution in [0.5, 0.6) is 0 Å². The van der Waals surface area contributed by atoms with Crippen molar-refractivity contribution >= 4 is 23.6 Å². The molecule has 0 spiro atoms. The van der Waals surface area contributed by atoms with Crippen LogP contribution < -0.4 is 0 Å². The number of amides is 1. The van der Waals surface area contributed by atoms with Crippen LogP contribution in [0.4, 0.5) is 0 Å². The second-order valence-corrected chi connectivity index (χ2v) is 5.75. The van der Waals surface area contributed by atoms with E-state index in [2.05, 4.69) is 0 Å². The molecular weight excluding hydrogens is 290 g/mol. The fourth-order valence-corrected chi connectivity index (χ4v) is 2.92. The topological polar surface area (TPSA) is 66.8 Å². The van der Waals surface area contributed by atoms with Crippen LogP contribution in [-0.2, 0) is 9.53 Å². The van der Waals surface area contributed by atoms with Crippen LogP contribution in [0.2, 0.25) is 0 Å². The number of ether oxygens (including phenoxy) is 1. The molecule has 1 fully saturated rings. The zero-order valence-electron chi connectivity index (χ0n) is 12.1. The highest BCUT2D eigenvalue weighted by molar-refractivity contribution is 7.98. The molecular formula is C15H19NO4S. The molecule has 2 rings (SSSR count). The second-order valence-electron chi connectivity index (χ2n) is 4.87. The first-order chi connectivity index (χ1) is 10.1. The Balaban J connectivity index is 2.19. The predicted octanol–water partition coefficient (Wildman–Crippen LogP) is 1.97. The normalized spacial score (nSPS) is 21.2. The van der Waals surface area contributed by atoms with Gasteiger partial charge in [0, 0.05) is 17.0 Å². The largest absolute Gasteiger partial charge is 0.481 e. The minimum absolute atomic E-state index is 0.146. The maximum atomic E-state index is 12.6. The Kier molecular flexibility index (Phi) is 5.25. The predicted molar refractivity (Wildman–Crippen MR) is 80.7 cm³/mol. The number of hydrogen-bond donors (Lipinski definition) is 1. The number of aliphatic carboxylic acids is 1. The van der Waals surface area contributed by atoms with E-state index in [0.29, 0.717) is 12.1 Å². The first kappa shape index (κ1) is 15.9. The van der Waals surface area contributed by atoms with E-state index in [-0.39, 0.29) is 19.1 Å². The highest BCUT2D eigenvalue weighted by atomic mass is 32.2. The van der Waals surface area contributed by atoms with Crippen molar-refractivity contribution in [2.45, 2.75) is 17.9 Å². The van der Waals surface area contributed by atoms with Gasteiger partial charge in [-0.15, -0.1) is 11.8 Å². The molecule has 0 aromatic heterocycles. The summed E-state index contributed by atoms with van der Waals surface area (Å²) in [5.41, 5.74) is 0.575. The zero-order chi connectivity index (χ0) is 15.4. The number of carbonyl (C=O) groups excluding carboxylic acids is 1. The van der Waals surface area contributed by atoms with Gasteiger partial charge in [-0.25, -0.2) is 0 Å². The number of nitrogens with zero attached hydrogens (tertiary/aromatic N) is 1. The molecule has 1 aliphatic rings. The number of benzene rings is 1. The fourth-order valence-electron chi connectivity index (χ4n) is 2.51. The van der Waals surface area contributed by atoms with Gasteiger partial charge in [-0.05, 0) is 37.4 Å². The lowest BCUT2D eigenvalue weighted by Gasteiger charge is -2.29. The number of likely N-dealkylation sites (N-methyl/N-ethyl adjacent to an activating group) is 1. The van der Waals surface area contributed by atoms with E-state index in [4.69, 9.17) is 4.74 Å². The number of carboxylic acid groups (broad SMARTS) is 1. The molecule has 114 valence electrons. The lowest BCUT2D eigenvalue weighted by atomic mass is 10.0. The zero-order valence-corrected chi connectivity index (χ0v) is 12.9. The lowest BCUT2D eigenvalue weighted by Crippen LogP contribution is -2.46. The van der Waals surface area contributed by atoms with Crippen LogP contribution in [0.15, 0.2) is 29.2 Å². The van der Waals surface area contributed by atoms with Crippen LogP contribution in [0.25, 0.3) is 0 Å². The van der Waals surface area contributed by atoms with Crippen molar-refractivity contribution in [1.82, 2.24) is 4.90 Å². The van der Waals surface area contributed by atoms with Gasteiger partial charge in [0.2, 0.25) is 0 Å². The smallest absolute Gasteiger partial charge is 0.311 e. The third kappa shape index (κ3) is 3.39. The summed E-state index contributed by atoms with van der Waals surface area (Å²) < 4.78 is 5.26. The van der Waals surface area contributed by atoms with Crippen molar-refractivity contribution in [3.05, 3.63) is 29.8 Å². The van der Waals surface area contributed by atoms with Gasteiger partial charge in [0.1, 0.15) is 5.92 Å². The molecule has 1 saturated heterocycles. The van der Waals surface area contributed by atoms with Crippen molar-refractivity contribution < 1.29 is 19.4 Å². The molecule has 1 N–H and O–H groups in total. The monoisotopic (exact) mass is 309 g/mol. The SMILES string of the molecule is CCN(C(=O)c1ccc(SC)cc1)C1COCC1C(=O)O. The first-order valence-electron chi connectivity index (χ1n) is 6.84. The minimum Gasteiger partial charge on any atom is -0.481 e.